The van der Waals surface area contributed by atoms with Crippen LogP contribution in [0.2, 0.25) is 0 Å². The molecule has 1 aromatic rings. The Morgan fingerprint density at radius 3 is 2.53 bits per heavy atom. The zero-order valence-corrected chi connectivity index (χ0v) is 13.0. The van der Waals surface area contributed by atoms with Crippen LogP contribution in [-0.4, -0.2) is 24.2 Å². The Hall–Kier alpha value is -1.45. The molecule has 0 aromatic carbocycles. The highest BCUT2D eigenvalue weighted by atomic mass is 16.5. The maximum atomic E-state index is 5.91. The quantitative estimate of drug-likeness (QED) is 0.857. The lowest BCUT2D eigenvalue weighted by atomic mass is 10.00. The predicted molar refractivity (Wildman–Crippen MR) is 81.8 cm³/mol. The highest BCUT2D eigenvalue weighted by Crippen LogP contribution is 2.28. The van der Waals surface area contributed by atoms with E-state index in [2.05, 4.69) is 44.5 Å². The Bertz CT molecular complexity index is 416. The van der Waals surface area contributed by atoms with Crippen molar-refractivity contribution in [3.63, 3.8) is 0 Å². The Morgan fingerprint density at radius 1 is 1.37 bits per heavy atom. The lowest BCUT2D eigenvalue weighted by molar-refractivity contribution is 0.263. The molecule has 108 valence electrons. The molecule has 0 aliphatic heterocycles. The molecule has 2 N–H and O–H groups in total. The third-order valence-corrected chi connectivity index (χ3v) is 3.55. The second kappa shape index (κ2) is 6.13. The fourth-order valence-electron chi connectivity index (χ4n) is 1.54. The van der Waals surface area contributed by atoms with E-state index in [1.165, 1.54) is 0 Å². The van der Waals surface area contributed by atoms with Gasteiger partial charge in [0.2, 0.25) is 5.88 Å². The predicted octanol–water partition coefficient (Wildman–Crippen LogP) is 3.32. The maximum Gasteiger partial charge on any atom is 0.239 e. The highest BCUT2D eigenvalue weighted by Gasteiger charge is 2.23. The fraction of sp³-hybridized carbons (Fsp3) is 0.667. The van der Waals surface area contributed by atoms with Crippen molar-refractivity contribution in [1.82, 2.24) is 4.98 Å². The molecule has 1 aromatic heterocycles. The minimum absolute atomic E-state index is 0.0540. The van der Waals surface area contributed by atoms with E-state index in [-0.39, 0.29) is 5.54 Å². The van der Waals surface area contributed by atoms with Gasteiger partial charge in [-0.15, -0.1) is 0 Å². The Kier molecular flexibility index (Phi) is 5.04. The standard InChI is InChI=1S/C15H27N3O/c1-7-15(4,5)18(6)13-9-8-12(16)14(17-13)19-10-11(2)3/h8-9,11H,7,10,16H2,1-6H3. The van der Waals surface area contributed by atoms with E-state index >= 15 is 0 Å². The van der Waals surface area contributed by atoms with E-state index in [4.69, 9.17) is 10.5 Å². The summed E-state index contributed by atoms with van der Waals surface area (Å²) in [4.78, 5) is 6.70. The van der Waals surface area contributed by atoms with Gasteiger partial charge >= 0.3 is 0 Å². The van der Waals surface area contributed by atoms with Crippen LogP contribution < -0.4 is 15.4 Å². The molecule has 0 amide bonds. The average molecular weight is 265 g/mol. The number of ether oxygens (including phenoxy) is 1. The molecular weight excluding hydrogens is 238 g/mol. The number of rotatable bonds is 6. The topological polar surface area (TPSA) is 51.4 Å². The number of nitrogens with zero attached hydrogens (tertiary/aromatic N) is 2. The molecule has 0 radical (unpaired) electrons. The third-order valence-electron chi connectivity index (χ3n) is 3.55. The summed E-state index contributed by atoms with van der Waals surface area (Å²) in [6.45, 7) is 11.4. The molecule has 0 spiro atoms. The Morgan fingerprint density at radius 2 is 2.00 bits per heavy atom. The van der Waals surface area contributed by atoms with E-state index in [1.807, 2.05) is 19.2 Å². The zero-order chi connectivity index (χ0) is 14.6. The summed E-state index contributed by atoms with van der Waals surface area (Å²) in [5, 5.41) is 0. The number of hydrogen-bond donors (Lipinski definition) is 1. The molecule has 0 aliphatic rings. The minimum Gasteiger partial charge on any atom is -0.476 e. The van der Waals surface area contributed by atoms with Gasteiger partial charge in [-0.3, -0.25) is 0 Å². The molecule has 0 fully saturated rings. The molecular formula is C15H27N3O. The first-order valence-electron chi connectivity index (χ1n) is 6.91. The van der Waals surface area contributed by atoms with E-state index in [1.54, 1.807) is 0 Å². The van der Waals surface area contributed by atoms with Crippen LogP contribution in [0.5, 0.6) is 5.88 Å². The number of hydrogen-bond acceptors (Lipinski definition) is 4. The van der Waals surface area contributed by atoms with E-state index in [9.17, 15) is 0 Å². The molecule has 0 saturated carbocycles. The van der Waals surface area contributed by atoms with Crippen molar-refractivity contribution in [1.29, 1.82) is 0 Å². The molecule has 19 heavy (non-hydrogen) atoms. The SMILES string of the molecule is CCC(C)(C)N(C)c1ccc(N)c(OCC(C)C)n1. The molecule has 1 rings (SSSR count). The summed E-state index contributed by atoms with van der Waals surface area (Å²) in [7, 11) is 2.05. The van der Waals surface area contributed by atoms with Crippen LogP contribution in [0.25, 0.3) is 0 Å². The monoisotopic (exact) mass is 265 g/mol. The lowest BCUT2D eigenvalue weighted by Crippen LogP contribution is -2.41. The van der Waals surface area contributed by atoms with Gasteiger partial charge in [0.15, 0.2) is 0 Å². The van der Waals surface area contributed by atoms with Crippen LogP contribution in [0.4, 0.5) is 11.5 Å². The van der Waals surface area contributed by atoms with Gasteiger partial charge in [-0.25, -0.2) is 0 Å². The van der Waals surface area contributed by atoms with E-state index in [0.29, 0.717) is 24.1 Å². The first-order chi connectivity index (χ1) is 8.77. The highest BCUT2D eigenvalue weighted by molar-refractivity contribution is 5.55. The molecule has 0 atom stereocenters. The maximum absolute atomic E-state index is 5.91. The van der Waals surface area contributed by atoms with Crippen molar-refractivity contribution in [2.24, 2.45) is 5.92 Å². The van der Waals surface area contributed by atoms with E-state index < -0.39 is 0 Å². The second-order valence-electron chi connectivity index (χ2n) is 5.99. The van der Waals surface area contributed by atoms with Crippen LogP contribution >= 0.6 is 0 Å². The van der Waals surface area contributed by atoms with Crippen molar-refractivity contribution in [3.05, 3.63) is 12.1 Å². The summed E-state index contributed by atoms with van der Waals surface area (Å²) >= 11 is 0. The van der Waals surface area contributed by atoms with Crippen molar-refractivity contribution in [3.8, 4) is 5.88 Å². The molecule has 0 saturated heterocycles. The number of aromatic nitrogens is 1. The molecule has 0 aliphatic carbocycles. The summed E-state index contributed by atoms with van der Waals surface area (Å²) in [5.41, 5.74) is 6.56. The fourth-order valence-corrected chi connectivity index (χ4v) is 1.54. The Balaban J connectivity index is 2.95. The first-order valence-corrected chi connectivity index (χ1v) is 6.91. The zero-order valence-electron chi connectivity index (χ0n) is 13.0. The van der Waals surface area contributed by atoms with Crippen LogP contribution in [0, 0.1) is 5.92 Å². The first kappa shape index (κ1) is 15.6. The number of anilines is 2. The van der Waals surface area contributed by atoms with Crippen molar-refractivity contribution < 1.29 is 4.74 Å². The normalized spacial score (nSPS) is 11.7. The van der Waals surface area contributed by atoms with E-state index in [0.717, 1.165) is 12.2 Å². The number of pyridine rings is 1. The summed E-state index contributed by atoms with van der Waals surface area (Å²) in [6, 6.07) is 3.80. The van der Waals surface area contributed by atoms with Gasteiger partial charge in [0.1, 0.15) is 5.82 Å². The molecule has 1 heterocycles. The van der Waals surface area contributed by atoms with Gasteiger partial charge in [-0.2, -0.15) is 4.98 Å². The molecule has 0 unspecified atom stereocenters. The van der Waals surface area contributed by atoms with Gasteiger partial charge in [0, 0.05) is 12.6 Å². The smallest absolute Gasteiger partial charge is 0.239 e. The van der Waals surface area contributed by atoms with Crippen LogP contribution in [-0.2, 0) is 0 Å². The van der Waals surface area contributed by atoms with Crippen LogP contribution in [0.15, 0.2) is 12.1 Å². The third kappa shape index (κ3) is 4.01. The van der Waals surface area contributed by atoms with Gasteiger partial charge in [-0.1, -0.05) is 20.8 Å². The van der Waals surface area contributed by atoms with Crippen molar-refractivity contribution in [2.75, 3.05) is 24.3 Å². The summed E-state index contributed by atoms with van der Waals surface area (Å²) < 4.78 is 5.67. The van der Waals surface area contributed by atoms with Crippen molar-refractivity contribution in [2.45, 2.75) is 46.6 Å². The number of nitrogens with two attached hydrogens (primary N) is 1. The largest absolute Gasteiger partial charge is 0.476 e. The summed E-state index contributed by atoms with van der Waals surface area (Å²) in [5.74, 6) is 1.87. The van der Waals surface area contributed by atoms with Crippen LogP contribution in [0.1, 0.15) is 41.0 Å². The van der Waals surface area contributed by atoms with Gasteiger partial charge in [0.25, 0.3) is 0 Å². The lowest BCUT2D eigenvalue weighted by Gasteiger charge is -2.36. The summed E-state index contributed by atoms with van der Waals surface area (Å²) in [6.07, 6.45) is 1.04. The van der Waals surface area contributed by atoms with Gasteiger partial charge in [-0.05, 0) is 38.3 Å². The minimum atomic E-state index is 0.0540. The average Bonchev–Trinajstić information content (AvgIpc) is 2.36. The molecule has 4 nitrogen and oxygen atoms in total. The van der Waals surface area contributed by atoms with Crippen molar-refractivity contribution >= 4 is 11.5 Å². The molecule has 0 bridgehead atoms. The number of nitrogen functional groups attached to an aromatic ring is 1. The van der Waals surface area contributed by atoms with Gasteiger partial charge < -0.3 is 15.4 Å². The van der Waals surface area contributed by atoms with Crippen LogP contribution in [0.3, 0.4) is 0 Å². The molecule has 4 heteroatoms. The second-order valence-corrected chi connectivity index (χ2v) is 5.99. The Labute approximate surface area is 117 Å². The van der Waals surface area contributed by atoms with Gasteiger partial charge in [0.05, 0.1) is 12.3 Å².